The molecule has 1 N–H and O–H groups in total. The molecule has 0 aliphatic heterocycles. The first-order valence-corrected chi connectivity index (χ1v) is 11.7. The Hall–Kier alpha value is -4.38. The molecule has 0 unspecified atom stereocenters. The summed E-state index contributed by atoms with van der Waals surface area (Å²) >= 11 is 0. The highest BCUT2D eigenvalue weighted by Crippen LogP contribution is 2.29. The van der Waals surface area contributed by atoms with Crippen LogP contribution in [0.2, 0.25) is 0 Å². The van der Waals surface area contributed by atoms with E-state index in [1.807, 2.05) is 54.6 Å². The van der Waals surface area contributed by atoms with Crippen LogP contribution in [0.5, 0.6) is 0 Å². The monoisotopic (exact) mass is 461 g/mol. The second-order valence-electron chi connectivity index (χ2n) is 8.42. The largest absolute Gasteiger partial charge is 0.465 e. The minimum absolute atomic E-state index is 0.0789. The third-order valence-corrected chi connectivity index (χ3v) is 6.18. The molecule has 0 saturated carbocycles. The topological polar surface area (TPSA) is 56.1 Å². The van der Waals surface area contributed by atoms with E-state index in [1.54, 1.807) is 6.07 Å². The molecule has 1 aromatic heterocycles. The zero-order valence-electron chi connectivity index (χ0n) is 19.6. The van der Waals surface area contributed by atoms with E-state index in [0.29, 0.717) is 12.1 Å². The first kappa shape index (κ1) is 22.4. The van der Waals surface area contributed by atoms with Gasteiger partial charge >= 0.3 is 5.97 Å². The predicted octanol–water partition coefficient (Wildman–Crippen LogP) is 6.27. The van der Waals surface area contributed by atoms with Crippen LogP contribution in [0.4, 0.5) is 5.95 Å². The van der Waals surface area contributed by atoms with E-state index in [9.17, 15) is 4.79 Å². The maximum Gasteiger partial charge on any atom is 0.337 e. The molecule has 4 aromatic carbocycles. The standard InChI is InChI=1S/C30H27N3O2/c1-35-29(34)25-17-18-26-27(21-25)33(20-19-22-11-5-2-6-12-22)30(31-26)32-28(23-13-7-3-8-14-23)24-15-9-4-10-16-24/h2-18,21,28H,19-20H2,1H3,(H,31,32). The number of carbonyl (C=O) groups excluding carboxylic acids is 1. The van der Waals surface area contributed by atoms with Gasteiger partial charge < -0.3 is 14.6 Å². The fourth-order valence-electron chi connectivity index (χ4n) is 4.37. The number of methoxy groups -OCH3 is 1. The van der Waals surface area contributed by atoms with Gasteiger partial charge in [0.15, 0.2) is 0 Å². The predicted molar refractivity (Wildman–Crippen MR) is 140 cm³/mol. The molecule has 0 aliphatic carbocycles. The van der Waals surface area contributed by atoms with Crippen LogP contribution in [-0.2, 0) is 17.7 Å². The molecule has 0 radical (unpaired) electrons. The van der Waals surface area contributed by atoms with E-state index >= 15 is 0 Å². The van der Waals surface area contributed by atoms with Gasteiger partial charge in [-0.1, -0.05) is 91.0 Å². The first-order valence-electron chi connectivity index (χ1n) is 11.7. The average Bonchev–Trinajstić information content (AvgIpc) is 3.27. The fourth-order valence-corrected chi connectivity index (χ4v) is 4.37. The van der Waals surface area contributed by atoms with Gasteiger partial charge in [0.05, 0.1) is 29.7 Å². The molecule has 0 amide bonds. The number of fused-ring (bicyclic) bond motifs is 1. The highest BCUT2D eigenvalue weighted by molar-refractivity contribution is 5.94. The highest BCUT2D eigenvalue weighted by Gasteiger charge is 2.19. The lowest BCUT2D eigenvalue weighted by Crippen LogP contribution is -2.16. The van der Waals surface area contributed by atoms with Crippen LogP contribution in [0, 0.1) is 0 Å². The SMILES string of the molecule is COC(=O)c1ccc2nc(NC(c3ccccc3)c3ccccc3)n(CCc3ccccc3)c2c1. The van der Waals surface area contributed by atoms with Gasteiger partial charge in [-0.3, -0.25) is 0 Å². The number of aryl methyl sites for hydroxylation is 2. The minimum atomic E-state index is -0.358. The summed E-state index contributed by atoms with van der Waals surface area (Å²) in [4.78, 5) is 17.2. The van der Waals surface area contributed by atoms with Crippen LogP contribution in [-0.4, -0.2) is 22.6 Å². The number of hydrogen-bond acceptors (Lipinski definition) is 4. The van der Waals surface area contributed by atoms with Crippen molar-refractivity contribution in [3.63, 3.8) is 0 Å². The Labute approximate surface area is 205 Å². The Kier molecular flexibility index (Phi) is 6.57. The lowest BCUT2D eigenvalue weighted by Gasteiger charge is -2.21. The Balaban J connectivity index is 1.58. The Bertz CT molecular complexity index is 1370. The molecule has 5 heteroatoms. The van der Waals surface area contributed by atoms with E-state index in [1.165, 1.54) is 12.7 Å². The number of carbonyl (C=O) groups is 1. The van der Waals surface area contributed by atoms with Crippen LogP contribution in [0.1, 0.15) is 33.1 Å². The molecular formula is C30H27N3O2. The lowest BCUT2D eigenvalue weighted by atomic mass is 9.99. The van der Waals surface area contributed by atoms with Crippen molar-refractivity contribution in [1.82, 2.24) is 9.55 Å². The summed E-state index contributed by atoms with van der Waals surface area (Å²) < 4.78 is 7.12. The van der Waals surface area contributed by atoms with Crippen molar-refractivity contribution >= 4 is 23.0 Å². The summed E-state index contributed by atoms with van der Waals surface area (Å²) in [6, 6.07) is 36.5. The van der Waals surface area contributed by atoms with E-state index in [-0.39, 0.29) is 12.0 Å². The first-order chi connectivity index (χ1) is 17.2. The molecule has 5 nitrogen and oxygen atoms in total. The van der Waals surface area contributed by atoms with E-state index < -0.39 is 0 Å². The summed E-state index contributed by atoms with van der Waals surface area (Å²) in [5, 5.41) is 3.70. The van der Waals surface area contributed by atoms with Crippen LogP contribution < -0.4 is 5.32 Å². The summed E-state index contributed by atoms with van der Waals surface area (Å²) in [6.07, 6.45) is 0.838. The van der Waals surface area contributed by atoms with Crippen molar-refractivity contribution in [1.29, 1.82) is 0 Å². The molecule has 0 fully saturated rings. The molecule has 1 heterocycles. The van der Waals surface area contributed by atoms with Crippen molar-refractivity contribution < 1.29 is 9.53 Å². The maximum absolute atomic E-state index is 12.2. The number of anilines is 1. The van der Waals surface area contributed by atoms with Gasteiger partial charge in [-0.2, -0.15) is 0 Å². The second-order valence-corrected chi connectivity index (χ2v) is 8.42. The van der Waals surface area contributed by atoms with Crippen LogP contribution in [0.15, 0.2) is 109 Å². The van der Waals surface area contributed by atoms with Gasteiger partial charge in [0, 0.05) is 6.54 Å². The molecule has 0 saturated heterocycles. The number of esters is 1. The molecular weight excluding hydrogens is 434 g/mol. The van der Waals surface area contributed by atoms with Crippen molar-refractivity contribution in [2.45, 2.75) is 19.0 Å². The number of ether oxygens (including phenoxy) is 1. The number of benzene rings is 4. The molecule has 0 atom stereocenters. The van der Waals surface area contributed by atoms with Gasteiger partial charge in [0.2, 0.25) is 5.95 Å². The van der Waals surface area contributed by atoms with Gasteiger partial charge in [-0.05, 0) is 41.3 Å². The van der Waals surface area contributed by atoms with Crippen LogP contribution in [0.25, 0.3) is 11.0 Å². The van der Waals surface area contributed by atoms with E-state index in [0.717, 1.165) is 34.5 Å². The number of imidazole rings is 1. The van der Waals surface area contributed by atoms with Gasteiger partial charge in [-0.25, -0.2) is 9.78 Å². The molecule has 0 aliphatic rings. The average molecular weight is 462 g/mol. The van der Waals surface area contributed by atoms with Crippen LogP contribution in [0.3, 0.4) is 0 Å². The molecule has 5 aromatic rings. The number of nitrogens with zero attached hydrogens (tertiary/aromatic N) is 2. The zero-order chi connectivity index (χ0) is 24.0. The fraction of sp³-hybridized carbons (Fsp3) is 0.133. The summed E-state index contributed by atoms with van der Waals surface area (Å²) in [5.74, 6) is 0.402. The van der Waals surface area contributed by atoms with E-state index in [2.05, 4.69) is 58.4 Å². The van der Waals surface area contributed by atoms with Gasteiger partial charge in [-0.15, -0.1) is 0 Å². The molecule has 0 bridgehead atoms. The number of nitrogens with one attached hydrogen (secondary N) is 1. The lowest BCUT2D eigenvalue weighted by molar-refractivity contribution is 0.0601. The maximum atomic E-state index is 12.2. The Morgan fingerprint density at radius 1 is 0.857 bits per heavy atom. The quantitative estimate of drug-likeness (QED) is 0.277. The normalized spacial score (nSPS) is 11.0. The zero-order valence-corrected chi connectivity index (χ0v) is 19.6. The van der Waals surface area contributed by atoms with Crippen molar-refractivity contribution in [2.24, 2.45) is 0 Å². The smallest absolute Gasteiger partial charge is 0.337 e. The van der Waals surface area contributed by atoms with Gasteiger partial charge in [0.1, 0.15) is 0 Å². The second kappa shape index (κ2) is 10.3. The molecule has 0 spiro atoms. The number of aromatic nitrogens is 2. The molecule has 174 valence electrons. The number of rotatable bonds is 8. The summed E-state index contributed by atoms with van der Waals surface area (Å²) in [5.41, 5.74) is 5.77. The van der Waals surface area contributed by atoms with Gasteiger partial charge in [0.25, 0.3) is 0 Å². The third-order valence-electron chi connectivity index (χ3n) is 6.18. The van der Waals surface area contributed by atoms with E-state index in [4.69, 9.17) is 9.72 Å². The summed E-state index contributed by atoms with van der Waals surface area (Å²) in [7, 11) is 1.40. The molecule has 5 rings (SSSR count). The summed E-state index contributed by atoms with van der Waals surface area (Å²) in [6.45, 7) is 0.712. The Morgan fingerprint density at radius 3 is 2.06 bits per heavy atom. The Morgan fingerprint density at radius 2 is 1.46 bits per heavy atom. The van der Waals surface area contributed by atoms with Crippen molar-refractivity contribution in [3.05, 3.63) is 131 Å². The van der Waals surface area contributed by atoms with Crippen LogP contribution >= 0.6 is 0 Å². The highest BCUT2D eigenvalue weighted by atomic mass is 16.5. The minimum Gasteiger partial charge on any atom is -0.465 e. The number of hydrogen-bond donors (Lipinski definition) is 1. The third kappa shape index (κ3) is 4.94. The molecule has 35 heavy (non-hydrogen) atoms. The van der Waals surface area contributed by atoms with Crippen molar-refractivity contribution in [3.8, 4) is 0 Å². The van der Waals surface area contributed by atoms with Crippen molar-refractivity contribution in [2.75, 3.05) is 12.4 Å².